The number of nitrogens with two attached hydrogens (primary N) is 1. The zero-order chi connectivity index (χ0) is 12.8. The van der Waals surface area contributed by atoms with Crippen molar-refractivity contribution in [3.05, 3.63) is 17.9 Å². The monoisotopic (exact) mass is 264 g/mol. The Hall–Kier alpha value is -1.89. The van der Waals surface area contributed by atoms with Gasteiger partial charge < -0.3 is 16.4 Å². The number of nitrogens with zero attached hydrogens (tertiary/aromatic N) is 3. The van der Waals surface area contributed by atoms with Crippen molar-refractivity contribution < 1.29 is 0 Å². The minimum atomic E-state index is 0.517. The van der Waals surface area contributed by atoms with Crippen molar-refractivity contribution in [2.24, 2.45) is 0 Å². The molecule has 18 heavy (non-hydrogen) atoms. The lowest BCUT2D eigenvalue weighted by molar-refractivity contribution is 0.831. The van der Waals surface area contributed by atoms with Crippen molar-refractivity contribution >= 4 is 33.8 Å². The largest absolute Gasteiger partial charge is 0.393 e. The molecular weight excluding hydrogens is 248 g/mol. The number of rotatable bonds is 6. The van der Waals surface area contributed by atoms with E-state index >= 15 is 0 Å². The van der Waals surface area contributed by atoms with Crippen LogP contribution in [0, 0.1) is 0 Å². The van der Waals surface area contributed by atoms with Crippen LogP contribution in [0.4, 0.5) is 22.5 Å². The van der Waals surface area contributed by atoms with Crippen LogP contribution in [0.2, 0.25) is 0 Å². The first-order chi connectivity index (χ1) is 8.81. The summed E-state index contributed by atoms with van der Waals surface area (Å²) in [6.07, 6.45) is 5.42. The van der Waals surface area contributed by atoms with Gasteiger partial charge in [0.2, 0.25) is 0 Å². The molecule has 96 valence electrons. The first-order valence-electron chi connectivity index (χ1n) is 5.82. The van der Waals surface area contributed by atoms with Crippen LogP contribution in [0.5, 0.6) is 0 Å². The lowest BCUT2D eigenvalue weighted by Gasteiger charge is -2.10. The van der Waals surface area contributed by atoms with E-state index in [0.717, 1.165) is 24.5 Å². The average Bonchev–Trinajstić information content (AvgIpc) is 2.87. The third kappa shape index (κ3) is 3.07. The number of hydrogen-bond donors (Lipinski definition) is 3. The molecule has 2 aromatic heterocycles. The second-order valence-electron chi connectivity index (χ2n) is 3.73. The Morgan fingerprint density at radius 1 is 1.28 bits per heavy atom. The zero-order valence-corrected chi connectivity index (χ0v) is 11.0. The fourth-order valence-corrected chi connectivity index (χ4v) is 1.93. The number of unbranched alkanes of at least 4 members (excludes halogenated alkanes) is 1. The van der Waals surface area contributed by atoms with Crippen LogP contribution in [-0.4, -0.2) is 21.5 Å². The Morgan fingerprint density at radius 2 is 2.11 bits per heavy atom. The van der Waals surface area contributed by atoms with E-state index in [1.54, 1.807) is 6.20 Å². The number of aromatic nitrogens is 3. The smallest absolute Gasteiger partial charge is 0.188 e. The maximum Gasteiger partial charge on any atom is 0.188 e. The van der Waals surface area contributed by atoms with E-state index in [4.69, 9.17) is 5.73 Å². The van der Waals surface area contributed by atoms with E-state index in [9.17, 15) is 0 Å². The van der Waals surface area contributed by atoms with Crippen molar-refractivity contribution in [3.8, 4) is 0 Å². The average molecular weight is 264 g/mol. The van der Waals surface area contributed by atoms with Crippen molar-refractivity contribution in [2.45, 2.75) is 19.8 Å². The number of hydrogen-bond acceptors (Lipinski definition) is 7. The minimum Gasteiger partial charge on any atom is -0.393 e. The van der Waals surface area contributed by atoms with Crippen molar-refractivity contribution in [1.29, 1.82) is 0 Å². The Kier molecular flexibility index (Phi) is 4.30. The molecule has 0 saturated carbocycles. The highest BCUT2D eigenvalue weighted by atomic mass is 32.1. The van der Waals surface area contributed by atoms with E-state index < -0.39 is 0 Å². The third-order valence-electron chi connectivity index (χ3n) is 2.36. The lowest BCUT2D eigenvalue weighted by Crippen LogP contribution is -2.08. The Labute approximate surface area is 110 Å². The van der Waals surface area contributed by atoms with Gasteiger partial charge in [-0.05, 0) is 6.42 Å². The predicted octanol–water partition coefficient (Wildman–Crippen LogP) is 2.47. The topological polar surface area (TPSA) is 88.8 Å². The molecule has 0 amide bonds. The van der Waals surface area contributed by atoms with Gasteiger partial charge in [0, 0.05) is 18.1 Å². The van der Waals surface area contributed by atoms with Gasteiger partial charge in [0.25, 0.3) is 0 Å². The van der Waals surface area contributed by atoms with Crippen LogP contribution in [0.25, 0.3) is 0 Å². The summed E-state index contributed by atoms with van der Waals surface area (Å²) in [6, 6.07) is 0. The second-order valence-corrected chi connectivity index (χ2v) is 4.62. The molecule has 0 spiro atoms. The maximum absolute atomic E-state index is 6.01. The lowest BCUT2D eigenvalue weighted by atomic mass is 10.3. The summed E-state index contributed by atoms with van der Waals surface area (Å²) < 4.78 is 0. The van der Waals surface area contributed by atoms with Gasteiger partial charge in [0.05, 0.1) is 0 Å². The number of thiazole rings is 1. The van der Waals surface area contributed by atoms with Gasteiger partial charge in [-0.1, -0.05) is 13.3 Å². The quantitative estimate of drug-likeness (QED) is 0.695. The van der Waals surface area contributed by atoms with E-state index in [1.807, 2.05) is 5.38 Å². The van der Waals surface area contributed by atoms with Crippen LogP contribution < -0.4 is 16.4 Å². The molecule has 0 aliphatic rings. The summed E-state index contributed by atoms with van der Waals surface area (Å²) in [4.78, 5) is 12.4. The molecule has 2 heterocycles. The van der Waals surface area contributed by atoms with Crippen LogP contribution in [0.1, 0.15) is 19.8 Å². The van der Waals surface area contributed by atoms with Gasteiger partial charge >= 0.3 is 0 Å². The first kappa shape index (κ1) is 12.6. The molecule has 2 aromatic rings. The highest BCUT2D eigenvalue weighted by Crippen LogP contribution is 2.26. The van der Waals surface area contributed by atoms with E-state index in [2.05, 4.69) is 32.5 Å². The van der Waals surface area contributed by atoms with Crippen molar-refractivity contribution in [1.82, 2.24) is 15.0 Å². The molecule has 7 heteroatoms. The summed E-state index contributed by atoms with van der Waals surface area (Å²) in [6.45, 7) is 2.99. The van der Waals surface area contributed by atoms with Gasteiger partial charge in [0.15, 0.2) is 16.8 Å². The zero-order valence-electron chi connectivity index (χ0n) is 10.2. The highest BCUT2D eigenvalue weighted by molar-refractivity contribution is 7.13. The van der Waals surface area contributed by atoms with Crippen LogP contribution in [0.3, 0.4) is 0 Å². The summed E-state index contributed by atoms with van der Waals surface area (Å²) in [5.41, 5.74) is 6.53. The van der Waals surface area contributed by atoms with Gasteiger partial charge in [-0.15, -0.1) is 11.3 Å². The molecule has 0 aromatic carbocycles. The summed E-state index contributed by atoms with van der Waals surface area (Å²) in [7, 11) is 0. The third-order valence-corrected chi connectivity index (χ3v) is 3.05. The number of nitrogen functional groups attached to an aromatic ring is 1. The molecule has 0 saturated heterocycles. The highest BCUT2D eigenvalue weighted by Gasteiger charge is 2.08. The molecule has 0 aliphatic heterocycles. The number of anilines is 4. The molecule has 2 rings (SSSR count). The van der Waals surface area contributed by atoms with Gasteiger partial charge in [-0.25, -0.2) is 15.0 Å². The van der Waals surface area contributed by atoms with E-state index in [-0.39, 0.29) is 0 Å². The van der Waals surface area contributed by atoms with Crippen LogP contribution in [-0.2, 0) is 0 Å². The summed E-state index contributed by atoms with van der Waals surface area (Å²) >= 11 is 1.50. The molecule has 0 atom stereocenters. The maximum atomic E-state index is 6.01. The van der Waals surface area contributed by atoms with Gasteiger partial charge in [-0.3, -0.25) is 0 Å². The molecular formula is C11H16N6S. The first-order valence-corrected chi connectivity index (χ1v) is 6.70. The normalized spacial score (nSPS) is 10.3. The Morgan fingerprint density at radius 3 is 2.83 bits per heavy atom. The molecule has 0 bridgehead atoms. The van der Waals surface area contributed by atoms with Gasteiger partial charge in [0.1, 0.15) is 12.0 Å². The van der Waals surface area contributed by atoms with Crippen molar-refractivity contribution in [3.63, 3.8) is 0 Å². The molecule has 0 unspecified atom stereocenters. The van der Waals surface area contributed by atoms with Gasteiger partial charge in [-0.2, -0.15) is 0 Å². The van der Waals surface area contributed by atoms with Crippen LogP contribution >= 0.6 is 11.3 Å². The van der Waals surface area contributed by atoms with Crippen molar-refractivity contribution in [2.75, 3.05) is 22.9 Å². The predicted molar refractivity (Wildman–Crippen MR) is 75.2 cm³/mol. The molecule has 0 fully saturated rings. The standard InChI is InChI=1S/C11H16N6S/c1-2-3-4-13-9-8(12)10(16-7-15-9)17-11-14-5-6-18-11/h5-7H,2-4,12H2,1H3,(H2,13,14,15,16,17). The van der Waals surface area contributed by atoms with E-state index in [0.29, 0.717) is 17.3 Å². The molecule has 0 aliphatic carbocycles. The fourth-order valence-electron chi connectivity index (χ4n) is 1.41. The molecule has 6 nitrogen and oxygen atoms in total. The Bertz CT molecular complexity index is 484. The Balaban J connectivity index is 2.09. The SMILES string of the molecule is CCCCNc1ncnc(Nc2nccs2)c1N. The summed E-state index contributed by atoms with van der Waals surface area (Å²) in [5, 5.41) is 8.93. The summed E-state index contributed by atoms with van der Waals surface area (Å²) in [5.74, 6) is 1.25. The minimum absolute atomic E-state index is 0.517. The van der Waals surface area contributed by atoms with Crippen LogP contribution in [0.15, 0.2) is 17.9 Å². The molecule has 0 radical (unpaired) electrons. The number of nitrogens with one attached hydrogen (secondary N) is 2. The van der Waals surface area contributed by atoms with E-state index in [1.165, 1.54) is 17.7 Å². The second kappa shape index (κ2) is 6.15. The molecule has 4 N–H and O–H groups in total. The fraction of sp³-hybridized carbons (Fsp3) is 0.364.